The predicted molar refractivity (Wildman–Crippen MR) is 70.5 cm³/mol. The van der Waals surface area contributed by atoms with Crippen LogP contribution in [0.3, 0.4) is 0 Å². The highest BCUT2D eigenvalue weighted by molar-refractivity contribution is 7.17. The third kappa shape index (κ3) is 2.97. The van der Waals surface area contributed by atoms with E-state index in [1.807, 2.05) is 0 Å². The summed E-state index contributed by atoms with van der Waals surface area (Å²) in [5.74, 6) is 0.977. The first-order chi connectivity index (χ1) is 7.75. The molecule has 0 aliphatic heterocycles. The lowest BCUT2D eigenvalue weighted by atomic mass is 10.2. The standard InChI is InChI=1S/C13H17NOS/c1-14(2)7-3-8-15-12-4-5-13-11(10-12)6-9-16-13/h4-6,9-10H,3,7-8H2,1-2H3. The second-order valence-electron chi connectivity index (χ2n) is 4.13. The number of nitrogens with zero attached hydrogens (tertiary/aromatic N) is 1. The van der Waals surface area contributed by atoms with Crippen molar-refractivity contribution in [2.45, 2.75) is 6.42 Å². The Morgan fingerprint density at radius 2 is 2.12 bits per heavy atom. The van der Waals surface area contributed by atoms with Gasteiger partial charge >= 0.3 is 0 Å². The Balaban J connectivity index is 1.89. The van der Waals surface area contributed by atoms with Gasteiger partial charge in [-0.3, -0.25) is 0 Å². The molecular weight excluding hydrogens is 218 g/mol. The van der Waals surface area contributed by atoms with Gasteiger partial charge in [0.1, 0.15) is 5.75 Å². The molecule has 0 amide bonds. The predicted octanol–water partition coefficient (Wildman–Crippen LogP) is 3.23. The molecule has 0 saturated heterocycles. The fraction of sp³-hybridized carbons (Fsp3) is 0.385. The number of hydrogen-bond donors (Lipinski definition) is 0. The first-order valence-corrected chi connectivity index (χ1v) is 6.38. The van der Waals surface area contributed by atoms with Gasteiger partial charge in [0.25, 0.3) is 0 Å². The lowest BCUT2D eigenvalue weighted by Gasteiger charge is -2.10. The van der Waals surface area contributed by atoms with Crippen molar-refractivity contribution in [3.05, 3.63) is 29.6 Å². The fourth-order valence-electron chi connectivity index (χ4n) is 1.61. The molecule has 3 heteroatoms. The van der Waals surface area contributed by atoms with E-state index in [1.54, 1.807) is 11.3 Å². The minimum atomic E-state index is 0.786. The number of thiophene rings is 1. The number of ether oxygens (including phenoxy) is 1. The molecule has 0 radical (unpaired) electrons. The zero-order valence-corrected chi connectivity index (χ0v) is 10.6. The van der Waals surface area contributed by atoms with Crippen molar-refractivity contribution in [1.29, 1.82) is 0 Å². The van der Waals surface area contributed by atoms with Gasteiger partial charge in [0, 0.05) is 11.2 Å². The van der Waals surface area contributed by atoms with Crippen LogP contribution in [0.2, 0.25) is 0 Å². The molecule has 0 spiro atoms. The van der Waals surface area contributed by atoms with Gasteiger partial charge in [-0.1, -0.05) is 0 Å². The molecular formula is C13H17NOS. The van der Waals surface area contributed by atoms with E-state index in [1.165, 1.54) is 10.1 Å². The van der Waals surface area contributed by atoms with Gasteiger partial charge in [-0.2, -0.15) is 0 Å². The van der Waals surface area contributed by atoms with Gasteiger partial charge < -0.3 is 9.64 Å². The lowest BCUT2D eigenvalue weighted by Crippen LogP contribution is -2.15. The summed E-state index contributed by atoms with van der Waals surface area (Å²) in [4.78, 5) is 2.17. The summed E-state index contributed by atoms with van der Waals surface area (Å²) in [5.41, 5.74) is 0. The Morgan fingerprint density at radius 3 is 2.94 bits per heavy atom. The Kier molecular flexibility index (Phi) is 3.80. The van der Waals surface area contributed by atoms with E-state index < -0.39 is 0 Å². The van der Waals surface area contributed by atoms with Crippen LogP contribution in [0.4, 0.5) is 0 Å². The monoisotopic (exact) mass is 235 g/mol. The number of benzene rings is 1. The van der Waals surface area contributed by atoms with Crippen molar-refractivity contribution in [3.63, 3.8) is 0 Å². The maximum absolute atomic E-state index is 5.71. The van der Waals surface area contributed by atoms with Crippen molar-refractivity contribution in [2.75, 3.05) is 27.2 Å². The Labute approximate surface area is 100 Å². The molecule has 1 aromatic heterocycles. The van der Waals surface area contributed by atoms with Crippen LogP contribution in [0.25, 0.3) is 10.1 Å². The summed E-state index contributed by atoms with van der Waals surface area (Å²) >= 11 is 1.77. The van der Waals surface area contributed by atoms with Crippen LogP contribution >= 0.6 is 11.3 Å². The average molecular weight is 235 g/mol. The highest BCUT2D eigenvalue weighted by Crippen LogP contribution is 2.25. The summed E-state index contributed by atoms with van der Waals surface area (Å²) in [5, 5.41) is 3.38. The summed E-state index contributed by atoms with van der Waals surface area (Å²) in [7, 11) is 4.16. The molecule has 2 nitrogen and oxygen atoms in total. The van der Waals surface area contributed by atoms with E-state index in [2.05, 4.69) is 48.6 Å². The van der Waals surface area contributed by atoms with Crippen LogP contribution in [-0.4, -0.2) is 32.1 Å². The molecule has 1 heterocycles. The normalized spacial score (nSPS) is 11.2. The number of rotatable bonds is 5. The minimum absolute atomic E-state index is 0.786. The molecule has 0 aliphatic carbocycles. The summed E-state index contributed by atoms with van der Waals surface area (Å²) < 4.78 is 7.03. The minimum Gasteiger partial charge on any atom is -0.494 e. The molecule has 16 heavy (non-hydrogen) atoms. The van der Waals surface area contributed by atoms with E-state index in [4.69, 9.17) is 4.74 Å². The molecule has 86 valence electrons. The quantitative estimate of drug-likeness (QED) is 0.738. The molecule has 0 bridgehead atoms. The maximum Gasteiger partial charge on any atom is 0.119 e. The van der Waals surface area contributed by atoms with E-state index >= 15 is 0 Å². The maximum atomic E-state index is 5.71. The molecule has 0 N–H and O–H groups in total. The summed E-state index contributed by atoms with van der Waals surface area (Å²) in [6, 6.07) is 8.42. The van der Waals surface area contributed by atoms with Gasteiger partial charge in [0.05, 0.1) is 6.61 Å². The van der Waals surface area contributed by atoms with Crippen molar-refractivity contribution >= 4 is 21.4 Å². The number of hydrogen-bond acceptors (Lipinski definition) is 3. The molecule has 0 aliphatic rings. The molecule has 0 unspecified atom stereocenters. The smallest absolute Gasteiger partial charge is 0.119 e. The van der Waals surface area contributed by atoms with Gasteiger partial charge in [-0.05, 0) is 55.5 Å². The SMILES string of the molecule is CN(C)CCCOc1ccc2sccc2c1. The van der Waals surface area contributed by atoms with Crippen molar-refractivity contribution in [3.8, 4) is 5.75 Å². The second-order valence-corrected chi connectivity index (χ2v) is 5.07. The van der Waals surface area contributed by atoms with Crippen LogP contribution < -0.4 is 4.74 Å². The van der Waals surface area contributed by atoms with E-state index in [0.717, 1.165) is 25.3 Å². The van der Waals surface area contributed by atoms with Gasteiger partial charge in [0.2, 0.25) is 0 Å². The zero-order valence-electron chi connectivity index (χ0n) is 9.77. The average Bonchev–Trinajstić information content (AvgIpc) is 2.71. The Bertz CT molecular complexity index is 450. The Hall–Kier alpha value is -1.06. The van der Waals surface area contributed by atoms with E-state index in [0.29, 0.717) is 0 Å². The molecule has 0 atom stereocenters. The van der Waals surface area contributed by atoms with Crippen LogP contribution in [0.5, 0.6) is 5.75 Å². The third-order valence-electron chi connectivity index (χ3n) is 2.44. The van der Waals surface area contributed by atoms with E-state index in [-0.39, 0.29) is 0 Å². The highest BCUT2D eigenvalue weighted by Gasteiger charge is 1.98. The summed E-state index contributed by atoms with van der Waals surface area (Å²) in [6.45, 7) is 1.86. The van der Waals surface area contributed by atoms with E-state index in [9.17, 15) is 0 Å². The highest BCUT2D eigenvalue weighted by atomic mass is 32.1. The van der Waals surface area contributed by atoms with Crippen molar-refractivity contribution in [2.24, 2.45) is 0 Å². The molecule has 1 aromatic carbocycles. The second kappa shape index (κ2) is 5.32. The fourth-order valence-corrected chi connectivity index (χ4v) is 2.38. The molecule has 2 rings (SSSR count). The topological polar surface area (TPSA) is 12.5 Å². The van der Waals surface area contributed by atoms with Crippen LogP contribution in [0.15, 0.2) is 29.6 Å². The van der Waals surface area contributed by atoms with Crippen molar-refractivity contribution in [1.82, 2.24) is 4.90 Å². The lowest BCUT2D eigenvalue weighted by molar-refractivity contribution is 0.282. The molecule has 0 saturated carbocycles. The van der Waals surface area contributed by atoms with Crippen molar-refractivity contribution < 1.29 is 4.74 Å². The van der Waals surface area contributed by atoms with Crippen LogP contribution in [-0.2, 0) is 0 Å². The first kappa shape index (κ1) is 11.4. The summed E-state index contributed by atoms with van der Waals surface area (Å²) in [6.07, 6.45) is 1.06. The largest absolute Gasteiger partial charge is 0.494 e. The van der Waals surface area contributed by atoms with Gasteiger partial charge in [-0.15, -0.1) is 11.3 Å². The first-order valence-electron chi connectivity index (χ1n) is 5.50. The third-order valence-corrected chi connectivity index (χ3v) is 3.34. The van der Waals surface area contributed by atoms with Crippen LogP contribution in [0.1, 0.15) is 6.42 Å². The zero-order chi connectivity index (χ0) is 11.4. The molecule has 2 aromatic rings. The Morgan fingerprint density at radius 1 is 1.25 bits per heavy atom. The molecule has 0 fully saturated rings. The van der Waals surface area contributed by atoms with Crippen LogP contribution in [0, 0.1) is 0 Å². The number of fused-ring (bicyclic) bond motifs is 1. The van der Waals surface area contributed by atoms with Gasteiger partial charge in [-0.25, -0.2) is 0 Å². The van der Waals surface area contributed by atoms with Gasteiger partial charge in [0.15, 0.2) is 0 Å².